The lowest BCUT2D eigenvalue weighted by atomic mass is 9.95. The van der Waals surface area contributed by atoms with Crippen molar-refractivity contribution in [3.8, 4) is 11.4 Å². The van der Waals surface area contributed by atoms with Gasteiger partial charge in [-0.3, -0.25) is 4.98 Å². The quantitative estimate of drug-likeness (QED) is 0.829. The monoisotopic (exact) mass is 201 g/mol. The second-order valence-electron chi connectivity index (χ2n) is 3.71. The number of aromatic nitrogens is 3. The van der Waals surface area contributed by atoms with Gasteiger partial charge in [0, 0.05) is 30.4 Å². The number of hydrogen-bond acceptors (Lipinski definition) is 2. The Kier molecular flexibility index (Phi) is 2.81. The molecule has 0 aliphatic heterocycles. The molecule has 0 spiro atoms. The molecule has 3 heteroatoms. The number of hydrogen-bond donors (Lipinski definition) is 1. The molecule has 2 aromatic heterocycles. The summed E-state index contributed by atoms with van der Waals surface area (Å²) in [7, 11) is 0. The molecule has 0 aliphatic carbocycles. The van der Waals surface area contributed by atoms with Crippen LogP contribution < -0.4 is 0 Å². The normalized spacial score (nSPS) is 12.7. The topological polar surface area (TPSA) is 41.6 Å². The van der Waals surface area contributed by atoms with Crippen LogP contribution in [0.1, 0.15) is 31.7 Å². The highest BCUT2D eigenvalue weighted by atomic mass is 14.9. The van der Waals surface area contributed by atoms with E-state index in [1.54, 1.807) is 6.20 Å². The molecule has 78 valence electrons. The molecule has 2 aromatic rings. The highest BCUT2D eigenvalue weighted by Crippen LogP contribution is 2.27. The van der Waals surface area contributed by atoms with E-state index in [9.17, 15) is 0 Å². The Hall–Kier alpha value is -1.64. The number of H-pyrrole nitrogens is 1. The zero-order valence-corrected chi connectivity index (χ0v) is 9.07. The smallest absolute Gasteiger partial charge is 0.139 e. The van der Waals surface area contributed by atoms with Crippen LogP contribution in [0.4, 0.5) is 0 Å². The molecular formula is C12H15N3. The van der Waals surface area contributed by atoms with Gasteiger partial charge in [-0.2, -0.15) is 0 Å². The van der Waals surface area contributed by atoms with Crippen molar-refractivity contribution in [2.75, 3.05) is 0 Å². The first-order valence-electron chi connectivity index (χ1n) is 5.26. The first kappa shape index (κ1) is 9.90. The number of nitrogens with zero attached hydrogens (tertiary/aromatic N) is 2. The molecule has 0 fully saturated rings. The minimum absolute atomic E-state index is 0.535. The molecule has 0 amide bonds. The van der Waals surface area contributed by atoms with Crippen LogP contribution in [0.25, 0.3) is 11.4 Å². The Morgan fingerprint density at radius 3 is 2.93 bits per heavy atom. The van der Waals surface area contributed by atoms with Gasteiger partial charge in [0.1, 0.15) is 5.82 Å². The summed E-state index contributed by atoms with van der Waals surface area (Å²) >= 11 is 0. The van der Waals surface area contributed by atoms with Gasteiger partial charge in [0.2, 0.25) is 0 Å². The number of rotatable bonds is 3. The summed E-state index contributed by atoms with van der Waals surface area (Å²) in [5.74, 6) is 1.44. The van der Waals surface area contributed by atoms with Gasteiger partial charge < -0.3 is 4.98 Å². The number of imidazole rings is 1. The Morgan fingerprint density at radius 2 is 2.27 bits per heavy atom. The molecule has 1 N–H and O–H groups in total. The predicted octanol–water partition coefficient (Wildman–Crippen LogP) is 2.99. The predicted molar refractivity (Wildman–Crippen MR) is 60.5 cm³/mol. The lowest BCUT2D eigenvalue weighted by molar-refractivity contribution is 0.733. The summed E-state index contributed by atoms with van der Waals surface area (Å²) in [5.41, 5.74) is 2.42. The maximum absolute atomic E-state index is 4.27. The SMILES string of the molecule is CCC(C)c1ccncc1-c1ncc[nH]1. The van der Waals surface area contributed by atoms with E-state index < -0.39 is 0 Å². The van der Waals surface area contributed by atoms with Crippen LogP contribution in [0.2, 0.25) is 0 Å². The van der Waals surface area contributed by atoms with Crippen LogP contribution in [0.15, 0.2) is 30.9 Å². The molecule has 2 rings (SSSR count). The van der Waals surface area contributed by atoms with Crippen molar-refractivity contribution in [3.63, 3.8) is 0 Å². The highest BCUT2D eigenvalue weighted by molar-refractivity contribution is 5.59. The third-order valence-corrected chi connectivity index (χ3v) is 2.75. The van der Waals surface area contributed by atoms with Gasteiger partial charge in [0.15, 0.2) is 0 Å². The zero-order valence-electron chi connectivity index (χ0n) is 9.07. The van der Waals surface area contributed by atoms with Crippen LogP contribution in [0.3, 0.4) is 0 Å². The van der Waals surface area contributed by atoms with Gasteiger partial charge in [0.05, 0.1) is 0 Å². The van der Waals surface area contributed by atoms with E-state index in [1.807, 2.05) is 18.6 Å². The summed E-state index contributed by atoms with van der Waals surface area (Å²) in [6.45, 7) is 4.42. The molecule has 3 nitrogen and oxygen atoms in total. The molecule has 0 saturated heterocycles. The van der Waals surface area contributed by atoms with Crippen molar-refractivity contribution in [3.05, 3.63) is 36.4 Å². The number of pyridine rings is 1. The average Bonchev–Trinajstić information content (AvgIpc) is 2.81. The van der Waals surface area contributed by atoms with Crippen LogP contribution in [-0.2, 0) is 0 Å². The maximum Gasteiger partial charge on any atom is 0.139 e. The molecule has 1 unspecified atom stereocenters. The summed E-state index contributed by atoms with van der Waals surface area (Å²) in [6.07, 6.45) is 8.44. The first-order chi connectivity index (χ1) is 7.33. The van der Waals surface area contributed by atoms with E-state index in [1.165, 1.54) is 5.56 Å². The van der Waals surface area contributed by atoms with Gasteiger partial charge in [-0.05, 0) is 24.0 Å². The lowest BCUT2D eigenvalue weighted by Crippen LogP contribution is -1.96. The Labute approximate surface area is 89.6 Å². The second-order valence-corrected chi connectivity index (χ2v) is 3.71. The van der Waals surface area contributed by atoms with Crippen molar-refractivity contribution in [2.45, 2.75) is 26.2 Å². The van der Waals surface area contributed by atoms with E-state index in [0.717, 1.165) is 17.8 Å². The fraction of sp³-hybridized carbons (Fsp3) is 0.333. The molecule has 2 heterocycles. The first-order valence-corrected chi connectivity index (χ1v) is 5.26. The molecule has 0 bridgehead atoms. The van der Waals surface area contributed by atoms with Crippen LogP contribution >= 0.6 is 0 Å². The standard InChI is InChI=1S/C12H15N3/c1-3-9(2)10-4-5-13-8-11(10)12-14-6-7-15-12/h4-9H,3H2,1-2H3,(H,14,15). The fourth-order valence-electron chi connectivity index (χ4n) is 1.67. The third-order valence-electron chi connectivity index (χ3n) is 2.75. The molecular weight excluding hydrogens is 186 g/mol. The van der Waals surface area contributed by atoms with E-state index in [2.05, 4.69) is 34.9 Å². The Morgan fingerprint density at radius 1 is 1.40 bits per heavy atom. The molecule has 0 aromatic carbocycles. The Balaban J connectivity index is 2.47. The second kappa shape index (κ2) is 4.26. The van der Waals surface area contributed by atoms with Gasteiger partial charge in [-0.1, -0.05) is 13.8 Å². The van der Waals surface area contributed by atoms with Gasteiger partial charge in [0.25, 0.3) is 0 Å². The van der Waals surface area contributed by atoms with Crippen molar-refractivity contribution >= 4 is 0 Å². The third kappa shape index (κ3) is 1.91. The van der Waals surface area contributed by atoms with Gasteiger partial charge >= 0.3 is 0 Å². The van der Waals surface area contributed by atoms with Gasteiger partial charge in [-0.15, -0.1) is 0 Å². The molecule has 0 radical (unpaired) electrons. The summed E-state index contributed by atoms with van der Waals surface area (Å²) < 4.78 is 0. The van der Waals surface area contributed by atoms with E-state index in [4.69, 9.17) is 0 Å². The summed E-state index contributed by atoms with van der Waals surface area (Å²) in [5, 5.41) is 0. The zero-order chi connectivity index (χ0) is 10.7. The lowest BCUT2D eigenvalue weighted by Gasteiger charge is -2.12. The minimum Gasteiger partial charge on any atom is -0.345 e. The van der Waals surface area contributed by atoms with E-state index >= 15 is 0 Å². The van der Waals surface area contributed by atoms with Gasteiger partial charge in [-0.25, -0.2) is 4.98 Å². The molecule has 0 saturated carbocycles. The summed E-state index contributed by atoms with van der Waals surface area (Å²) in [6, 6.07) is 2.08. The highest BCUT2D eigenvalue weighted by Gasteiger charge is 2.11. The minimum atomic E-state index is 0.535. The molecule has 15 heavy (non-hydrogen) atoms. The number of nitrogens with one attached hydrogen (secondary N) is 1. The van der Waals surface area contributed by atoms with Crippen LogP contribution in [0, 0.1) is 0 Å². The largest absolute Gasteiger partial charge is 0.345 e. The van der Waals surface area contributed by atoms with E-state index in [0.29, 0.717) is 5.92 Å². The molecule has 0 aliphatic rings. The average molecular weight is 201 g/mol. The van der Waals surface area contributed by atoms with E-state index in [-0.39, 0.29) is 0 Å². The number of aromatic amines is 1. The summed E-state index contributed by atoms with van der Waals surface area (Å²) in [4.78, 5) is 11.5. The van der Waals surface area contributed by atoms with Crippen molar-refractivity contribution in [1.29, 1.82) is 0 Å². The van der Waals surface area contributed by atoms with Crippen LogP contribution in [0.5, 0.6) is 0 Å². The van der Waals surface area contributed by atoms with Crippen molar-refractivity contribution < 1.29 is 0 Å². The molecule has 1 atom stereocenters. The Bertz CT molecular complexity index is 420. The maximum atomic E-state index is 4.27. The van der Waals surface area contributed by atoms with Crippen molar-refractivity contribution in [2.24, 2.45) is 0 Å². The van der Waals surface area contributed by atoms with Crippen molar-refractivity contribution in [1.82, 2.24) is 15.0 Å². The fourth-order valence-corrected chi connectivity index (χ4v) is 1.67. The van der Waals surface area contributed by atoms with Crippen LogP contribution in [-0.4, -0.2) is 15.0 Å².